The van der Waals surface area contributed by atoms with E-state index in [0.717, 1.165) is 37.4 Å². The van der Waals surface area contributed by atoms with Gasteiger partial charge in [0, 0.05) is 38.4 Å². The van der Waals surface area contributed by atoms with Crippen LogP contribution in [0.4, 0.5) is 5.82 Å². The lowest BCUT2D eigenvalue weighted by atomic mass is 9.79. The zero-order valence-corrected chi connectivity index (χ0v) is 14.7. The van der Waals surface area contributed by atoms with E-state index in [1.807, 2.05) is 6.07 Å². The van der Waals surface area contributed by atoms with Crippen LogP contribution in [0.25, 0.3) is 0 Å². The van der Waals surface area contributed by atoms with E-state index in [1.54, 1.807) is 7.11 Å². The van der Waals surface area contributed by atoms with Crippen molar-refractivity contribution in [1.29, 1.82) is 5.26 Å². The fraction of sp³-hybridized carbons (Fsp3) is 0.684. The summed E-state index contributed by atoms with van der Waals surface area (Å²) in [7, 11) is 1.67. The van der Waals surface area contributed by atoms with Crippen LogP contribution in [0.3, 0.4) is 0 Å². The molecule has 0 amide bonds. The highest BCUT2D eigenvalue weighted by Crippen LogP contribution is 2.35. The molecular weight excluding hydrogens is 302 g/mol. The van der Waals surface area contributed by atoms with Crippen LogP contribution >= 0.6 is 0 Å². The molecule has 3 rings (SSSR count). The molecule has 0 spiro atoms. The van der Waals surface area contributed by atoms with Gasteiger partial charge < -0.3 is 14.7 Å². The highest BCUT2D eigenvalue weighted by Gasteiger charge is 2.39. The predicted molar refractivity (Wildman–Crippen MR) is 93.0 cm³/mol. The number of anilines is 1. The van der Waals surface area contributed by atoms with Crippen molar-refractivity contribution in [3.63, 3.8) is 0 Å². The molecule has 5 heteroatoms. The molecule has 0 aromatic carbocycles. The van der Waals surface area contributed by atoms with Crippen molar-refractivity contribution in [3.8, 4) is 6.07 Å². The van der Waals surface area contributed by atoms with Gasteiger partial charge in [0.25, 0.3) is 0 Å². The summed E-state index contributed by atoms with van der Waals surface area (Å²) in [5, 5.41) is 20.4. The van der Waals surface area contributed by atoms with Gasteiger partial charge in [0.05, 0.1) is 11.2 Å². The molecule has 0 unspecified atom stereocenters. The number of piperidine rings is 1. The van der Waals surface area contributed by atoms with Crippen LogP contribution < -0.4 is 4.90 Å². The van der Waals surface area contributed by atoms with E-state index in [9.17, 15) is 10.4 Å². The van der Waals surface area contributed by atoms with Crippen molar-refractivity contribution in [2.24, 2.45) is 5.92 Å². The molecule has 0 bridgehead atoms. The lowest BCUT2D eigenvalue weighted by Crippen LogP contribution is -2.51. The van der Waals surface area contributed by atoms with Crippen molar-refractivity contribution >= 4 is 5.82 Å². The molecule has 1 aromatic heterocycles. The largest absolute Gasteiger partial charge is 0.389 e. The van der Waals surface area contributed by atoms with Crippen LogP contribution in [0.5, 0.6) is 0 Å². The Morgan fingerprint density at radius 1 is 1.46 bits per heavy atom. The summed E-state index contributed by atoms with van der Waals surface area (Å²) in [5.41, 5.74) is 2.38. The molecule has 5 nitrogen and oxygen atoms in total. The van der Waals surface area contributed by atoms with Gasteiger partial charge in [0.2, 0.25) is 0 Å². The molecule has 2 atom stereocenters. The highest BCUT2D eigenvalue weighted by molar-refractivity contribution is 5.57. The summed E-state index contributed by atoms with van der Waals surface area (Å²) < 4.78 is 5.14. The molecule has 1 saturated heterocycles. The molecule has 1 aliphatic carbocycles. The van der Waals surface area contributed by atoms with Gasteiger partial charge in [0.1, 0.15) is 11.9 Å². The molecule has 2 aliphatic rings. The molecule has 1 aromatic rings. The number of hydrogen-bond donors (Lipinski definition) is 1. The highest BCUT2D eigenvalue weighted by atomic mass is 16.5. The van der Waals surface area contributed by atoms with Crippen LogP contribution in [0.2, 0.25) is 0 Å². The average Bonchev–Trinajstić information content (AvgIpc) is 2.61. The van der Waals surface area contributed by atoms with E-state index in [4.69, 9.17) is 9.72 Å². The molecular formula is C19H27N3O2. The molecule has 1 N–H and O–H groups in total. The van der Waals surface area contributed by atoms with Crippen LogP contribution in [0.1, 0.15) is 49.4 Å². The number of pyridine rings is 1. The Kier molecular flexibility index (Phi) is 5.07. The van der Waals surface area contributed by atoms with Gasteiger partial charge in [-0.15, -0.1) is 0 Å². The first-order chi connectivity index (χ1) is 11.6. The first-order valence-electron chi connectivity index (χ1n) is 8.96. The number of aromatic nitrogens is 1. The number of rotatable bonds is 4. The molecule has 130 valence electrons. The Morgan fingerprint density at radius 2 is 2.25 bits per heavy atom. The second-order valence-electron chi connectivity index (χ2n) is 7.23. The third-order valence-corrected chi connectivity index (χ3v) is 5.67. The Bertz CT molecular complexity index is 640. The minimum Gasteiger partial charge on any atom is -0.389 e. The fourth-order valence-electron chi connectivity index (χ4n) is 3.96. The fourth-order valence-corrected chi connectivity index (χ4v) is 3.96. The lowest BCUT2D eigenvalue weighted by Gasteiger charge is -2.44. The molecule has 1 fully saturated rings. The Balaban J connectivity index is 1.82. The van der Waals surface area contributed by atoms with Gasteiger partial charge in [-0.05, 0) is 50.2 Å². The third-order valence-electron chi connectivity index (χ3n) is 5.67. The maximum absolute atomic E-state index is 10.9. The number of nitriles is 1. The normalized spacial score (nSPS) is 26.8. The van der Waals surface area contributed by atoms with Gasteiger partial charge in [-0.2, -0.15) is 5.26 Å². The number of ether oxygens (including phenoxy) is 1. The summed E-state index contributed by atoms with van der Waals surface area (Å²) >= 11 is 0. The van der Waals surface area contributed by atoms with Gasteiger partial charge in [-0.25, -0.2) is 4.98 Å². The quantitative estimate of drug-likeness (QED) is 0.919. The minimum atomic E-state index is -0.687. The van der Waals surface area contributed by atoms with E-state index in [-0.39, 0.29) is 5.92 Å². The maximum Gasteiger partial charge on any atom is 0.146 e. The van der Waals surface area contributed by atoms with Gasteiger partial charge >= 0.3 is 0 Å². The van der Waals surface area contributed by atoms with E-state index in [2.05, 4.69) is 17.9 Å². The zero-order valence-electron chi connectivity index (χ0n) is 14.7. The maximum atomic E-state index is 10.9. The second kappa shape index (κ2) is 7.08. The average molecular weight is 329 g/mol. The van der Waals surface area contributed by atoms with E-state index in [1.165, 1.54) is 18.4 Å². The zero-order chi connectivity index (χ0) is 17.2. The summed E-state index contributed by atoms with van der Waals surface area (Å²) in [6.45, 7) is 4.10. The van der Waals surface area contributed by atoms with Crippen molar-refractivity contribution in [2.45, 2.75) is 51.0 Å². The lowest BCUT2D eigenvalue weighted by molar-refractivity contribution is -0.0489. The monoisotopic (exact) mass is 329 g/mol. The van der Waals surface area contributed by atoms with E-state index in [0.29, 0.717) is 25.0 Å². The van der Waals surface area contributed by atoms with E-state index >= 15 is 0 Å². The van der Waals surface area contributed by atoms with Crippen LogP contribution in [-0.2, 0) is 17.6 Å². The van der Waals surface area contributed by atoms with Gasteiger partial charge in [-0.1, -0.05) is 6.92 Å². The van der Waals surface area contributed by atoms with Crippen molar-refractivity contribution in [3.05, 3.63) is 22.9 Å². The molecule has 0 saturated carbocycles. The van der Waals surface area contributed by atoms with Crippen molar-refractivity contribution in [2.75, 3.05) is 31.7 Å². The van der Waals surface area contributed by atoms with Crippen molar-refractivity contribution < 1.29 is 9.84 Å². The molecule has 1 aliphatic heterocycles. The van der Waals surface area contributed by atoms with Gasteiger partial charge in [-0.3, -0.25) is 0 Å². The predicted octanol–water partition coefficient (Wildman–Crippen LogP) is 2.45. The Labute approximate surface area is 144 Å². The molecule has 2 heterocycles. The Morgan fingerprint density at radius 3 is 2.96 bits per heavy atom. The van der Waals surface area contributed by atoms with Crippen LogP contribution in [0.15, 0.2) is 6.07 Å². The van der Waals surface area contributed by atoms with Crippen LogP contribution in [0, 0.1) is 17.2 Å². The second-order valence-corrected chi connectivity index (χ2v) is 7.23. The standard InChI is InChI=1S/C19H27N3O2/c1-14-13-22(9-7-19(14,23)8-10-24-2)18-16(12-20)11-15-5-3-4-6-17(15)21-18/h11,14,23H,3-10,13H2,1-2H3/t14-,19-/m1/s1. The number of methoxy groups -OCH3 is 1. The minimum absolute atomic E-state index is 0.116. The number of hydrogen-bond acceptors (Lipinski definition) is 5. The summed E-state index contributed by atoms with van der Waals surface area (Å²) in [4.78, 5) is 7.03. The SMILES string of the molecule is COCC[C@]1(O)CCN(c2nc3c(cc2C#N)CCCC3)C[C@H]1C. The number of nitrogens with zero attached hydrogens (tertiary/aromatic N) is 3. The number of fused-ring (bicyclic) bond motifs is 1. The molecule has 24 heavy (non-hydrogen) atoms. The first kappa shape index (κ1) is 17.2. The van der Waals surface area contributed by atoms with E-state index < -0.39 is 5.60 Å². The van der Waals surface area contributed by atoms with Gasteiger partial charge in [0.15, 0.2) is 0 Å². The first-order valence-corrected chi connectivity index (χ1v) is 8.96. The summed E-state index contributed by atoms with van der Waals surface area (Å²) in [6, 6.07) is 4.36. The number of aryl methyl sites for hydroxylation is 2. The smallest absolute Gasteiger partial charge is 0.146 e. The Hall–Kier alpha value is -1.64. The van der Waals surface area contributed by atoms with Crippen molar-refractivity contribution in [1.82, 2.24) is 4.98 Å². The molecule has 0 radical (unpaired) electrons. The summed E-state index contributed by atoms with van der Waals surface area (Å²) in [5.74, 6) is 0.921. The number of aliphatic hydroxyl groups is 1. The van der Waals surface area contributed by atoms with Crippen LogP contribution in [-0.4, -0.2) is 42.5 Å². The summed E-state index contributed by atoms with van der Waals surface area (Å²) in [6.07, 6.45) is 5.74. The third kappa shape index (κ3) is 3.26. The topological polar surface area (TPSA) is 69.4 Å².